The van der Waals surface area contributed by atoms with Crippen LogP contribution in [0.3, 0.4) is 0 Å². The number of ether oxygens (including phenoxy) is 5. The molecule has 0 aromatic carbocycles. The van der Waals surface area contributed by atoms with Crippen molar-refractivity contribution in [2.24, 2.45) is 0 Å². The lowest BCUT2D eigenvalue weighted by molar-refractivity contribution is -0.378. The topological polar surface area (TPSA) is 269 Å². The first-order valence-corrected chi connectivity index (χ1v) is 10.6. The lowest BCUT2D eigenvalue weighted by Crippen LogP contribution is -2.66. The molecule has 9 unspecified atom stereocenters. The lowest BCUT2D eigenvalue weighted by Gasteiger charge is -2.47. The lowest BCUT2D eigenvalue weighted by atomic mass is 9.96. The maximum atomic E-state index is 10.8. The summed E-state index contributed by atoms with van der Waals surface area (Å²) < 4.78 is 26.4. The van der Waals surface area contributed by atoms with Gasteiger partial charge in [-0.2, -0.15) is 0 Å². The molecule has 0 aromatic heterocycles. The Morgan fingerprint density at radius 2 is 0.941 bits per heavy atom. The Kier molecular flexibility index (Phi) is 9.54. The van der Waals surface area contributed by atoms with Gasteiger partial charge in [0.2, 0.25) is 0 Å². The first kappa shape index (κ1) is 27.9. The first-order valence-electron chi connectivity index (χ1n) is 10.6. The number of hydrogen-bond acceptors (Lipinski definition) is 16. The summed E-state index contributed by atoms with van der Waals surface area (Å²) in [4.78, 5) is 0. The highest BCUT2D eigenvalue weighted by molar-refractivity contribution is 4.96. The molecule has 16 nitrogen and oxygen atoms in total. The highest BCUT2D eigenvalue weighted by Gasteiger charge is 2.53. The van der Waals surface area contributed by atoms with Crippen molar-refractivity contribution in [2.45, 2.75) is 92.1 Å². The maximum Gasteiger partial charge on any atom is 0.187 e. The molecule has 0 aromatic rings. The second-order valence-electron chi connectivity index (χ2n) is 8.33. The van der Waals surface area contributed by atoms with Gasteiger partial charge < -0.3 is 79.9 Å². The second kappa shape index (κ2) is 11.6. The van der Waals surface area contributed by atoms with Crippen molar-refractivity contribution >= 4 is 0 Å². The molecule has 3 fully saturated rings. The van der Waals surface area contributed by atoms with Crippen LogP contribution in [0.2, 0.25) is 0 Å². The van der Waals surface area contributed by atoms with Crippen LogP contribution in [0.1, 0.15) is 0 Å². The largest absolute Gasteiger partial charge is 0.394 e. The molecular weight excluding hydrogens is 472 g/mol. The first-order chi connectivity index (χ1) is 16.0. The molecule has 3 aliphatic rings. The van der Waals surface area contributed by atoms with Gasteiger partial charge in [0.15, 0.2) is 18.9 Å². The SMILES string of the molecule is OCC1O[C@H](OC2C(O)[C@H](O[C@@H]3C(CO)O[C@@H](O)C(O)C3O)OC(CO)[C@@H]2O)C(O)C(O)[C@H]1O. The molecule has 0 saturated carbocycles. The normalized spacial score (nSPS) is 52.5. The van der Waals surface area contributed by atoms with Crippen LogP contribution in [0.4, 0.5) is 0 Å². The summed E-state index contributed by atoms with van der Waals surface area (Å²) in [6.45, 7) is -2.34. The second-order valence-corrected chi connectivity index (χ2v) is 8.33. The van der Waals surface area contributed by atoms with E-state index in [-0.39, 0.29) is 0 Å². The standard InChI is InChI=1S/C18H32O16/c19-1-4-7(22)9(24)12(27)17(31-4)34-15-8(23)5(2-20)32-18(13(15)28)33-14-6(3-21)30-16(29)11(26)10(14)25/h4-29H,1-3H2/t4?,5?,6?,7-,8-,9?,10?,11?,12?,13?,14+,15?,16+,17+,18-/m0/s1. The summed E-state index contributed by atoms with van der Waals surface area (Å²) >= 11 is 0. The van der Waals surface area contributed by atoms with Gasteiger partial charge in [-0.15, -0.1) is 0 Å². The van der Waals surface area contributed by atoms with Crippen molar-refractivity contribution in [1.82, 2.24) is 0 Å². The molecule has 0 aliphatic carbocycles. The van der Waals surface area contributed by atoms with Gasteiger partial charge >= 0.3 is 0 Å². The summed E-state index contributed by atoms with van der Waals surface area (Å²) in [5.74, 6) is 0. The molecule has 15 atom stereocenters. The van der Waals surface area contributed by atoms with E-state index in [4.69, 9.17) is 23.7 Å². The zero-order valence-corrected chi connectivity index (χ0v) is 17.7. The Labute approximate surface area is 192 Å². The summed E-state index contributed by atoms with van der Waals surface area (Å²) in [6.07, 6.45) is -25.4. The molecule has 0 amide bonds. The maximum absolute atomic E-state index is 10.8. The van der Waals surface area contributed by atoms with E-state index >= 15 is 0 Å². The Balaban J connectivity index is 1.78. The summed E-state index contributed by atoms with van der Waals surface area (Å²) in [5.41, 5.74) is 0. The van der Waals surface area contributed by atoms with E-state index in [0.29, 0.717) is 0 Å². The van der Waals surface area contributed by atoms with Crippen molar-refractivity contribution in [3.05, 3.63) is 0 Å². The van der Waals surface area contributed by atoms with E-state index in [9.17, 15) is 56.2 Å². The fraction of sp³-hybridized carbons (Fsp3) is 1.00. The van der Waals surface area contributed by atoms with Crippen LogP contribution in [0.5, 0.6) is 0 Å². The van der Waals surface area contributed by atoms with Gasteiger partial charge in [-0.1, -0.05) is 0 Å². The van der Waals surface area contributed by atoms with Gasteiger partial charge in [-0.05, 0) is 0 Å². The third kappa shape index (κ3) is 5.37. The molecular formula is C18H32O16. The number of aliphatic hydroxyl groups excluding tert-OH is 11. The summed E-state index contributed by atoms with van der Waals surface area (Å²) in [6, 6.07) is 0. The van der Waals surface area contributed by atoms with Crippen LogP contribution < -0.4 is 0 Å². The van der Waals surface area contributed by atoms with Gasteiger partial charge in [0.05, 0.1) is 19.8 Å². The van der Waals surface area contributed by atoms with E-state index in [1.807, 2.05) is 0 Å². The molecule has 34 heavy (non-hydrogen) atoms. The molecule has 3 aliphatic heterocycles. The van der Waals surface area contributed by atoms with Crippen molar-refractivity contribution in [1.29, 1.82) is 0 Å². The Morgan fingerprint density at radius 1 is 0.441 bits per heavy atom. The molecule has 3 heterocycles. The van der Waals surface area contributed by atoms with Gasteiger partial charge in [0.25, 0.3) is 0 Å². The third-order valence-electron chi connectivity index (χ3n) is 6.09. The van der Waals surface area contributed by atoms with Crippen LogP contribution in [0.25, 0.3) is 0 Å². The van der Waals surface area contributed by atoms with Gasteiger partial charge in [0.1, 0.15) is 73.2 Å². The smallest absolute Gasteiger partial charge is 0.187 e. The molecule has 200 valence electrons. The summed E-state index contributed by atoms with van der Waals surface area (Å²) in [7, 11) is 0. The van der Waals surface area contributed by atoms with E-state index in [1.54, 1.807) is 0 Å². The molecule has 0 radical (unpaired) electrons. The predicted octanol–water partition coefficient (Wildman–Crippen LogP) is -7.57. The highest BCUT2D eigenvalue weighted by Crippen LogP contribution is 2.32. The summed E-state index contributed by atoms with van der Waals surface area (Å²) in [5, 5.41) is 109. The molecule has 11 N–H and O–H groups in total. The van der Waals surface area contributed by atoms with Crippen LogP contribution in [0.15, 0.2) is 0 Å². The fourth-order valence-electron chi connectivity index (χ4n) is 4.05. The van der Waals surface area contributed by atoms with E-state index in [2.05, 4.69) is 0 Å². The Bertz CT molecular complexity index is 637. The quantitative estimate of drug-likeness (QED) is 0.154. The molecule has 0 spiro atoms. The van der Waals surface area contributed by atoms with Crippen molar-refractivity contribution < 1.29 is 79.9 Å². The number of hydrogen-bond donors (Lipinski definition) is 11. The Hall–Kier alpha value is -0.640. The van der Waals surface area contributed by atoms with Crippen LogP contribution >= 0.6 is 0 Å². The molecule has 3 rings (SSSR count). The zero-order valence-electron chi connectivity index (χ0n) is 17.7. The van der Waals surface area contributed by atoms with E-state index < -0.39 is 112 Å². The zero-order chi connectivity index (χ0) is 25.3. The fourth-order valence-corrected chi connectivity index (χ4v) is 4.05. The number of rotatable bonds is 7. The minimum absolute atomic E-state index is 0.759. The molecule has 16 heteroatoms. The van der Waals surface area contributed by atoms with Crippen molar-refractivity contribution in [3.63, 3.8) is 0 Å². The third-order valence-corrected chi connectivity index (χ3v) is 6.09. The van der Waals surface area contributed by atoms with Gasteiger partial charge in [-0.25, -0.2) is 0 Å². The van der Waals surface area contributed by atoms with Crippen LogP contribution in [-0.4, -0.2) is 168 Å². The van der Waals surface area contributed by atoms with Gasteiger partial charge in [0, 0.05) is 0 Å². The molecule has 3 saturated heterocycles. The number of aliphatic hydroxyl groups is 11. The predicted molar refractivity (Wildman–Crippen MR) is 101 cm³/mol. The Morgan fingerprint density at radius 3 is 1.50 bits per heavy atom. The minimum atomic E-state index is -1.90. The van der Waals surface area contributed by atoms with E-state index in [0.717, 1.165) is 0 Å². The van der Waals surface area contributed by atoms with Crippen molar-refractivity contribution in [2.75, 3.05) is 19.8 Å². The average Bonchev–Trinajstić information content (AvgIpc) is 2.83. The molecule has 0 bridgehead atoms. The monoisotopic (exact) mass is 504 g/mol. The van der Waals surface area contributed by atoms with Gasteiger partial charge in [-0.3, -0.25) is 0 Å². The van der Waals surface area contributed by atoms with E-state index in [1.165, 1.54) is 0 Å². The van der Waals surface area contributed by atoms with Crippen LogP contribution in [0, 0.1) is 0 Å². The highest BCUT2D eigenvalue weighted by atomic mass is 16.7. The van der Waals surface area contributed by atoms with Crippen LogP contribution in [-0.2, 0) is 23.7 Å². The van der Waals surface area contributed by atoms with Crippen molar-refractivity contribution in [3.8, 4) is 0 Å². The minimum Gasteiger partial charge on any atom is -0.394 e. The average molecular weight is 504 g/mol.